The molecule has 64 heavy (non-hydrogen) atoms. The highest BCUT2D eigenvalue weighted by Crippen LogP contribution is 2.51. The number of esters is 1. The van der Waals surface area contributed by atoms with Gasteiger partial charge in [0.2, 0.25) is 0 Å². The zero-order valence-electron chi connectivity index (χ0n) is 38.4. The number of fused-ring (bicyclic) bond motifs is 1. The number of ether oxygens (including phenoxy) is 5. The highest BCUT2D eigenvalue weighted by atomic mass is 16.7. The molecule has 9 atom stereocenters. The van der Waals surface area contributed by atoms with E-state index in [4.69, 9.17) is 28.7 Å². The third-order valence-corrected chi connectivity index (χ3v) is 13.0. The number of Topliss-reactive ketones (excluding diaryl/α,β-unsaturated/α-hetero) is 1. The lowest BCUT2D eigenvalue weighted by Gasteiger charge is -2.38. The van der Waals surface area contributed by atoms with E-state index in [0.29, 0.717) is 0 Å². The van der Waals surface area contributed by atoms with E-state index in [-0.39, 0.29) is 88.1 Å². The minimum atomic E-state index is -2.01. The van der Waals surface area contributed by atoms with Crippen molar-refractivity contribution in [1.82, 2.24) is 4.90 Å². The van der Waals surface area contributed by atoms with E-state index >= 15 is 0 Å². The van der Waals surface area contributed by atoms with Gasteiger partial charge in [0.25, 0.3) is 11.7 Å². The molecule has 6 rings (SSSR count). The van der Waals surface area contributed by atoms with Gasteiger partial charge >= 0.3 is 17.8 Å². The topological polar surface area (TPSA) is 235 Å². The predicted molar refractivity (Wildman–Crippen MR) is 234 cm³/mol. The van der Waals surface area contributed by atoms with Crippen molar-refractivity contribution in [2.75, 3.05) is 32.1 Å². The summed E-state index contributed by atoms with van der Waals surface area (Å²) in [6.07, 6.45) is 3.75. The zero-order valence-corrected chi connectivity index (χ0v) is 38.4. The van der Waals surface area contributed by atoms with Crippen LogP contribution in [0.2, 0.25) is 0 Å². The number of benzene rings is 2. The molecule has 5 N–H and O–H groups in total. The fraction of sp³-hybridized carbons (Fsp3) is 0.574. The van der Waals surface area contributed by atoms with Crippen LogP contribution in [0.1, 0.15) is 91.1 Å². The number of piperidine rings is 1. The number of phenolic OH excluding ortho intramolecular Hbond substituents is 2. The average Bonchev–Trinajstić information content (AvgIpc) is 3.75. The molecular weight excluding hydrogens is 829 g/mol. The van der Waals surface area contributed by atoms with Crippen molar-refractivity contribution in [3.8, 4) is 17.2 Å². The number of carbonyl (C=O) groups excluding carboxylic acids is 4. The van der Waals surface area contributed by atoms with Crippen molar-refractivity contribution < 1.29 is 63.3 Å². The lowest BCUT2D eigenvalue weighted by Crippen LogP contribution is -2.49. The van der Waals surface area contributed by atoms with Crippen LogP contribution >= 0.6 is 0 Å². The molecule has 1 fully saturated rings. The number of nitrogens with one attached hydrogen (secondary N) is 1. The number of aromatic hydroxyl groups is 2. The Morgan fingerprint density at radius 3 is 2.27 bits per heavy atom. The second-order valence-electron chi connectivity index (χ2n) is 18.2. The van der Waals surface area contributed by atoms with Crippen molar-refractivity contribution in [2.45, 2.75) is 118 Å². The number of hydrogen-bond acceptors (Lipinski definition) is 15. The van der Waals surface area contributed by atoms with Crippen LogP contribution in [0.4, 0.5) is 10.5 Å². The first-order chi connectivity index (χ1) is 30.1. The SMILES string of the molecule is CO[C@H]1/C=C/O[C@@]2(C)Oc3c(C)c(O)c4c(O)c(c5c(c4c3C2=O)NC2(CCN(C(=O)OCC(C)C)CC2)N=5)=NC(=O)/C(C)=C\C=C\[C@H](C)[C@H](O)[C@@H](C)[C@@H](O)[C@@H](C)[C@H](OC(C)=O)[C@@H]1C. The first kappa shape index (κ1) is 47.9. The molecule has 4 aliphatic heterocycles. The Balaban J connectivity index is 1.53. The molecule has 17 nitrogen and oxygen atoms in total. The first-order valence-electron chi connectivity index (χ1n) is 21.8. The van der Waals surface area contributed by atoms with Gasteiger partial charge in [-0.15, -0.1) is 0 Å². The van der Waals surface area contributed by atoms with Gasteiger partial charge in [-0.1, -0.05) is 59.8 Å². The number of ketones is 1. The molecule has 4 heterocycles. The highest BCUT2D eigenvalue weighted by Gasteiger charge is 2.51. The molecule has 1 saturated heterocycles. The zero-order chi connectivity index (χ0) is 47.2. The lowest BCUT2D eigenvalue weighted by atomic mass is 9.78. The van der Waals surface area contributed by atoms with Crippen molar-refractivity contribution in [3.05, 3.63) is 58.0 Å². The third kappa shape index (κ3) is 8.94. The van der Waals surface area contributed by atoms with Gasteiger partial charge in [0.15, 0.2) is 5.75 Å². The fourth-order valence-corrected chi connectivity index (χ4v) is 9.00. The Morgan fingerprint density at radius 1 is 0.969 bits per heavy atom. The second-order valence-corrected chi connectivity index (χ2v) is 18.2. The van der Waals surface area contributed by atoms with Crippen molar-refractivity contribution in [1.29, 1.82) is 0 Å². The van der Waals surface area contributed by atoms with Crippen LogP contribution in [0.5, 0.6) is 17.2 Å². The molecule has 0 saturated carbocycles. The molecule has 2 aromatic rings. The van der Waals surface area contributed by atoms with E-state index in [1.54, 1.807) is 44.7 Å². The minimum Gasteiger partial charge on any atom is -0.507 e. The van der Waals surface area contributed by atoms with E-state index in [0.717, 1.165) is 0 Å². The molecule has 0 unspecified atom stereocenters. The van der Waals surface area contributed by atoms with Crippen molar-refractivity contribution in [2.24, 2.45) is 39.6 Å². The summed E-state index contributed by atoms with van der Waals surface area (Å²) in [5.74, 6) is -7.37. The van der Waals surface area contributed by atoms with Gasteiger partial charge in [0.05, 0.1) is 47.8 Å². The van der Waals surface area contributed by atoms with Gasteiger partial charge in [0, 0.05) is 87.1 Å². The number of aliphatic hydroxyl groups excluding tert-OH is 2. The van der Waals surface area contributed by atoms with E-state index in [2.05, 4.69) is 10.3 Å². The molecule has 4 aliphatic rings. The summed E-state index contributed by atoms with van der Waals surface area (Å²) >= 11 is 0. The number of likely N-dealkylation sites (tertiary alicyclic amines) is 1. The van der Waals surface area contributed by atoms with Crippen LogP contribution in [0.25, 0.3) is 10.8 Å². The van der Waals surface area contributed by atoms with Gasteiger partial charge in [0.1, 0.15) is 34.0 Å². The molecule has 4 bridgehead atoms. The number of methoxy groups -OCH3 is 1. The Hall–Kier alpha value is -5.52. The van der Waals surface area contributed by atoms with Crippen LogP contribution in [0.3, 0.4) is 0 Å². The summed E-state index contributed by atoms with van der Waals surface area (Å²) < 4.78 is 29.4. The van der Waals surface area contributed by atoms with Crippen LogP contribution in [-0.4, -0.2) is 112 Å². The summed E-state index contributed by atoms with van der Waals surface area (Å²) in [5, 5.41) is 50.1. The number of aliphatic hydroxyl groups is 2. The smallest absolute Gasteiger partial charge is 0.409 e. The Bertz CT molecular complexity index is 2420. The van der Waals surface area contributed by atoms with Crippen LogP contribution < -0.4 is 20.8 Å². The summed E-state index contributed by atoms with van der Waals surface area (Å²) in [4.78, 5) is 65.0. The Kier molecular flexibility index (Phi) is 13.9. The largest absolute Gasteiger partial charge is 0.507 e. The van der Waals surface area contributed by atoms with E-state index < -0.39 is 94.8 Å². The van der Waals surface area contributed by atoms with Crippen molar-refractivity contribution >= 4 is 40.2 Å². The average molecular weight is 891 g/mol. The number of hydrogen-bond donors (Lipinski definition) is 5. The fourth-order valence-electron chi connectivity index (χ4n) is 9.00. The van der Waals surface area contributed by atoms with E-state index in [1.165, 1.54) is 53.2 Å². The Labute approximate surface area is 372 Å². The monoisotopic (exact) mass is 890 g/mol. The number of allylic oxidation sites excluding steroid dienone is 2. The second kappa shape index (κ2) is 18.5. The van der Waals surface area contributed by atoms with E-state index in [9.17, 15) is 39.6 Å². The quantitative estimate of drug-likeness (QED) is 0.203. The summed E-state index contributed by atoms with van der Waals surface area (Å²) in [6.45, 7) is 17.3. The number of nitrogens with zero attached hydrogens (tertiary/aromatic N) is 3. The lowest BCUT2D eigenvalue weighted by molar-refractivity contribution is -0.160. The highest BCUT2D eigenvalue weighted by molar-refractivity contribution is 6.21. The van der Waals surface area contributed by atoms with Gasteiger partial charge in [-0.05, 0) is 25.8 Å². The summed E-state index contributed by atoms with van der Waals surface area (Å²) in [5.41, 5.74) is -0.616. The normalized spacial score (nSPS) is 31.3. The van der Waals surface area contributed by atoms with Crippen LogP contribution in [0.15, 0.2) is 46.1 Å². The van der Waals surface area contributed by atoms with Gasteiger partial charge < -0.3 is 54.3 Å². The van der Waals surface area contributed by atoms with E-state index in [1.807, 2.05) is 13.8 Å². The maximum atomic E-state index is 14.8. The molecule has 348 valence electrons. The standard InChI is InChI=1S/C47H62N4O13/c1-22(2)21-61-45(59)51-18-16-47(17-19-51)49-34-31-32-39(55)28(8)42-33(31)43(57)46(10,64-42)62-20-15-30(60-11)25(5)41(63-29(9)52)27(7)38(54)26(6)37(53)23(3)13-12-14-24(4)44(58)48-36(40(32)56)35(34)50-47/h12-15,20,22-23,25-27,30,37-38,41,49,53-56H,16-19,21H2,1-11H3/b13-12+,20-15+,24-14-,48-36?/t23-,25+,26+,27+,30-,37-,38+,41+,46-/m0/s1. The number of anilines is 1. The molecule has 0 radical (unpaired) electrons. The number of carbonyl (C=O) groups is 4. The van der Waals surface area contributed by atoms with Gasteiger partial charge in [-0.3, -0.25) is 19.4 Å². The van der Waals surface area contributed by atoms with Crippen molar-refractivity contribution in [3.63, 3.8) is 0 Å². The molecular formula is C47H62N4O13. The number of phenols is 2. The van der Waals surface area contributed by atoms with Crippen LogP contribution in [0, 0.1) is 36.5 Å². The molecule has 0 aromatic heterocycles. The number of amides is 2. The first-order valence-corrected chi connectivity index (χ1v) is 21.8. The Morgan fingerprint density at radius 2 is 1.64 bits per heavy atom. The number of rotatable bonds is 4. The predicted octanol–water partition coefficient (Wildman–Crippen LogP) is 4.89. The van der Waals surface area contributed by atoms with Crippen LogP contribution in [-0.2, 0) is 28.5 Å². The minimum absolute atomic E-state index is 0.00486. The molecule has 17 heteroatoms. The molecule has 0 aliphatic carbocycles. The maximum Gasteiger partial charge on any atom is 0.409 e. The van der Waals surface area contributed by atoms with Gasteiger partial charge in [-0.25, -0.2) is 9.79 Å². The summed E-state index contributed by atoms with van der Waals surface area (Å²) in [6, 6.07) is 0. The maximum absolute atomic E-state index is 14.8. The summed E-state index contributed by atoms with van der Waals surface area (Å²) in [7, 11) is 1.45. The molecule has 1 spiro atoms. The van der Waals surface area contributed by atoms with Gasteiger partial charge in [-0.2, -0.15) is 0 Å². The molecule has 2 amide bonds. The third-order valence-electron chi connectivity index (χ3n) is 13.0. The molecule has 2 aromatic carbocycles.